The van der Waals surface area contributed by atoms with Crippen LogP contribution in [0, 0.1) is 6.92 Å². The van der Waals surface area contributed by atoms with Crippen LogP contribution in [0.2, 0.25) is 0 Å². The minimum absolute atomic E-state index is 0.00183. The molecule has 2 rings (SSSR count). The SMILES string of the molecule is Cc1cncc(C(=O)N(Cc2ccc(N)cc2)C(C)C)c1. The minimum Gasteiger partial charge on any atom is -0.399 e. The molecule has 1 heterocycles. The van der Waals surface area contributed by atoms with Crippen LogP contribution in [0.3, 0.4) is 0 Å². The van der Waals surface area contributed by atoms with Crippen molar-refractivity contribution in [2.45, 2.75) is 33.4 Å². The molecule has 0 radical (unpaired) electrons. The van der Waals surface area contributed by atoms with Gasteiger partial charge in [-0.2, -0.15) is 0 Å². The van der Waals surface area contributed by atoms with E-state index in [0.717, 1.165) is 16.8 Å². The quantitative estimate of drug-likeness (QED) is 0.877. The van der Waals surface area contributed by atoms with Crippen molar-refractivity contribution in [3.8, 4) is 0 Å². The predicted molar refractivity (Wildman–Crippen MR) is 84.8 cm³/mol. The highest BCUT2D eigenvalue weighted by Gasteiger charge is 2.19. The smallest absolute Gasteiger partial charge is 0.255 e. The molecule has 0 aliphatic rings. The number of nitrogens with zero attached hydrogens (tertiary/aromatic N) is 2. The Hall–Kier alpha value is -2.36. The highest BCUT2D eigenvalue weighted by Crippen LogP contribution is 2.15. The third-order valence-electron chi connectivity index (χ3n) is 3.34. The Kier molecular flexibility index (Phi) is 4.58. The van der Waals surface area contributed by atoms with Crippen molar-refractivity contribution in [2.24, 2.45) is 0 Å². The largest absolute Gasteiger partial charge is 0.399 e. The van der Waals surface area contributed by atoms with Gasteiger partial charge in [-0.1, -0.05) is 12.1 Å². The number of carbonyl (C=O) groups is 1. The minimum atomic E-state index is -0.00183. The van der Waals surface area contributed by atoms with Crippen LogP contribution < -0.4 is 5.73 Å². The Morgan fingerprint density at radius 2 is 1.90 bits per heavy atom. The second-order valence-electron chi connectivity index (χ2n) is 5.52. The average molecular weight is 283 g/mol. The van der Waals surface area contributed by atoms with Gasteiger partial charge in [0.1, 0.15) is 0 Å². The molecular formula is C17H21N3O. The molecule has 0 atom stereocenters. The Morgan fingerprint density at radius 1 is 1.24 bits per heavy atom. The van der Waals surface area contributed by atoms with Crippen molar-refractivity contribution < 1.29 is 4.79 Å². The van der Waals surface area contributed by atoms with Gasteiger partial charge in [-0.25, -0.2) is 0 Å². The lowest BCUT2D eigenvalue weighted by atomic mass is 10.1. The van der Waals surface area contributed by atoms with Gasteiger partial charge in [-0.3, -0.25) is 9.78 Å². The third kappa shape index (κ3) is 3.81. The number of carbonyl (C=O) groups excluding carboxylic acids is 1. The molecular weight excluding hydrogens is 262 g/mol. The molecule has 2 N–H and O–H groups in total. The van der Waals surface area contributed by atoms with Crippen molar-refractivity contribution >= 4 is 11.6 Å². The lowest BCUT2D eigenvalue weighted by Crippen LogP contribution is -2.36. The fourth-order valence-electron chi connectivity index (χ4n) is 2.15. The summed E-state index contributed by atoms with van der Waals surface area (Å²) in [6.07, 6.45) is 3.37. The maximum Gasteiger partial charge on any atom is 0.255 e. The summed E-state index contributed by atoms with van der Waals surface area (Å²) in [4.78, 5) is 18.6. The van der Waals surface area contributed by atoms with Crippen molar-refractivity contribution in [2.75, 3.05) is 5.73 Å². The molecule has 1 aromatic carbocycles. The first-order valence-corrected chi connectivity index (χ1v) is 7.04. The number of benzene rings is 1. The molecule has 0 saturated heterocycles. The van der Waals surface area contributed by atoms with Gasteiger partial charge in [0.05, 0.1) is 5.56 Å². The number of aryl methyl sites for hydroxylation is 1. The van der Waals surface area contributed by atoms with Crippen LogP contribution in [0.4, 0.5) is 5.69 Å². The number of anilines is 1. The van der Waals surface area contributed by atoms with E-state index in [9.17, 15) is 4.79 Å². The predicted octanol–water partition coefficient (Wildman–Crippen LogP) is 3.02. The van der Waals surface area contributed by atoms with Crippen LogP contribution in [0.1, 0.15) is 35.3 Å². The molecule has 110 valence electrons. The van der Waals surface area contributed by atoms with Gasteiger partial charge >= 0.3 is 0 Å². The van der Waals surface area contributed by atoms with Gasteiger partial charge in [0, 0.05) is 30.7 Å². The van der Waals surface area contributed by atoms with E-state index in [1.54, 1.807) is 12.4 Å². The third-order valence-corrected chi connectivity index (χ3v) is 3.34. The number of hydrogen-bond acceptors (Lipinski definition) is 3. The standard InChI is InChI=1S/C17H21N3O/c1-12(2)20(11-14-4-6-16(18)7-5-14)17(21)15-8-13(3)9-19-10-15/h4-10,12H,11,18H2,1-3H3. The lowest BCUT2D eigenvalue weighted by Gasteiger charge is -2.27. The van der Waals surface area contributed by atoms with E-state index < -0.39 is 0 Å². The summed E-state index contributed by atoms with van der Waals surface area (Å²) in [6.45, 7) is 6.52. The molecule has 0 saturated carbocycles. The topological polar surface area (TPSA) is 59.2 Å². The molecule has 0 fully saturated rings. The number of hydrogen-bond donors (Lipinski definition) is 1. The number of aromatic nitrogens is 1. The number of nitrogens with two attached hydrogens (primary N) is 1. The number of nitrogen functional groups attached to an aromatic ring is 1. The molecule has 1 amide bonds. The van der Waals surface area contributed by atoms with Gasteiger partial charge in [-0.15, -0.1) is 0 Å². The Balaban J connectivity index is 2.22. The van der Waals surface area contributed by atoms with Crippen LogP contribution in [0.15, 0.2) is 42.7 Å². The zero-order valence-electron chi connectivity index (χ0n) is 12.7. The summed E-state index contributed by atoms with van der Waals surface area (Å²) in [5, 5.41) is 0. The zero-order chi connectivity index (χ0) is 15.4. The highest BCUT2D eigenvalue weighted by molar-refractivity contribution is 5.94. The fraction of sp³-hybridized carbons (Fsp3) is 0.294. The van der Waals surface area contributed by atoms with E-state index >= 15 is 0 Å². The molecule has 0 spiro atoms. The van der Waals surface area contributed by atoms with Crippen molar-refractivity contribution in [3.63, 3.8) is 0 Å². The summed E-state index contributed by atoms with van der Waals surface area (Å²) < 4.78 is 0. The average Bonchev–Trinajstić information content (AvgIpc) is 2.45. The van der Waals surface area contributed by atoms with E-state index in [4.69, 9.17) is 5.73 Å². The van der Waals surface area contributed by atoms with E-state index in [-0.39, 0.29) is 11.9 Å². The normalized spacial score (nSPS) is 10.7. The lowest BCUT2D eigenvalue weighted by molar-refractivity contribution is 0.0690. The van der Waals surface area contributed by atoms with Gasteiger partial charge in [0.15, 0.2) is 0 Å². The Labute approximate surface area is 125 Å². The van der Waals surface area contributed by atoms with Crippen molar-refractivity contribution in [1.29, 1.82) is 0 Å². The molecule has 0 aliphatic heterocycles. The van der Waals surface area contributed by atoms with Crippen LogP contribution in [-0.2, 0) is 6.54 Å². The van der Waals surface area contributed by atoms with Gasteiger partial charge in [0.25, 0.3) is 5.91 Å². The maximum absolute atomic E-state index is 12.7. The Bertz CT molecular complexity index is 620. The molecule has 0 aliphatic carbocycles. The molecule has 4 heteroatoms. The number of rotatable bonds is 4. The van der Waals surface area contributed by atoms with Gasteiger partial charge < -0.3 is 10.6 Å². The monoisotopic (exact) mass is 283 g/mol. The molecule has 21 heavy (non-hydrogen) atoms. The van der Waals surface area contributed by atoms with E-state index in [2.05, 4.69) is 4.98 Å². The van der Waals surface area contributed by atoms with E-state index in [1.165, 1.54) is 0 Å². The van der Waals surface area contributed by atoms with Crippen molar-refractivity contribution in [3.05, 3.63) is 59.4 Å². The molecule has 4 nitrogen and oxygen atoms in total. The van der Waals surface area contributed by atoms with Crippen molar-refractivity contribution in [1.82, 2.24) is 9.88 Å². The van der Waals surface area contributed by atoms with Crippen LogP contribution in [0.25, 0.3) is 0 Å². The first-order valence-electron chi connectivity index (χ1n) is 7.04. The maximum atomic E-state index is 12.7. The summed E-state index contributed by atoms with van der Waals surface area (Å²) >= 11 is 0. The van der Waals surface area contributed by atoms with Crippen LogP contribution in [0.5, 0.6) is 0 Å². The van der Waals surface area contributed by atoms with E-state index in [0.29, 0.717) is 12.1 Å². The Morgan fingerprint density at radius 3 is 2.48 bits per heavy atom. The molecule has 1 aromatic heterocycles. The number of pyridine rings is 1. The fourth-order valence-corrected chi connectivity index (χ4v) is 2.15. The summed E-state index contributed by atoms with van der Waals surface area (Å²) in [7, 11) is 0. The number of amides is 1. The zero-order valence-corrected chi connectivity index (χ0v) is 12.7. The highest BCUT2D eigenvalue weighted by atomic mass is 16.2. The second-order valence-corrected chi connectivity index (χ2v) is 5.52. The van der Waals surface area contributed by atoms with Crippen LogP contribution >= 0.6 is 0 Å². The first kappa shape index (κ1) is 15.0. The van der Waals surface area contributed by atoms with E-state index in [1.807, 2.05) is 56.0 Å². The summed E-state index contributed by atoms with van der Waals surface area (Å²) in [5.41, 5.74) is 9.09. The molecule has 2 aromatic rings. The summed E-state index contributed by atoms with van der Waals surface area (Å²) in [6, 6.07) is 9.58. The summed E-state index contributed by atoms with van der Waals surface area (Å²) in [5.74, 6) is -0.00183. The van der Waals surface area contributed by atoms with Gasteiger partial charge in [-0.05, 0) is 50.1 Å². The van der Waals surface area contributed by atoms with Crippen LogP contribution in [-0.4, -0.2) is 21.8 Å². The second kappa shape index (κ2) is 6.39. The molecule has 0 bridgehead atoms. The first-order chi connectivity index (χ1) is 9.97. The van der Waals surface area contributed by atoms with Gasteiger partial charge in [0.2, 0.25) is 0 Å². The molecule has 0 unspecified atom stereocenters.